The fourth-order valence-electron chi connectivity index (χ4n) is 1.40. The number of carboxylic acid groups (broad SMARTS) is 1. The van der Waals surface area contributed by atoms with E-state index in [1.807, 2.05) is 0 Å². The highest BCUT2D eigenvalue weighted by Crippen LogP contribution is 2.09. The molecule has 0 spiro atoms. The number of para-hydroxylation sites is 1. The zero-order chi connectivity index (χ0) is 12.6. The largest absolute Gasteiger partial charge is 0.475 e. The molecular weight excluding hydrogens is 229 g/mol. The number of aromatic carboxylic acids is 1. The molecule has 0 radical (unpaired) electrons. The van der Waals surface area contributed by atoms with E-state index >= 15 is 0 Å². The number of carbonyl (C=O) groups is 1. The Morgan fingerprint density at radius 1 is 1.41 bits per heavy atom. The third kappa shape index (κ3) is 1.71. The van der Waals surface area contributed by atoms with Gasteiger partial charge in [-0.25, -0.2) is 14.0 Å². The number of benzene rings is 1. The molecule has 2 aromatic rings. The van der Waals surface area contributed by atoms with Crippen molar-refractivity contribution in [3.05, 3.63) is 46.4 Å². The lowest BCUT2D eigenvalue weighted by Gasteiger charge is -1.99. The van der Waals surface area contributed by atoms with Crippen LogP contribution in [0.25, 0.3) is 5.69 Å². The number of hydrogen-bond acceptors (Lipinski definition) is 3. The number of halogens is 1. The van der Waals surface area contributed by atoms with E-state index in [9.17, 15) is 14.0 Å². The molecule has 0 saturated heterocycles. The lowest BCUT2D eigenvalue weighted by atomic mass is 10.3. The van der Waals surface area contributed by atoms with Gasteiger partial charge in [-0.2, -0.15) is 4.68 Å². The quantitative estimate of drug-likeness (QED) is 0.820. The van der Waals surface area contributed by atoms with Gasteiger partial charge in [0.15, 0.2) is 0 Å². The van der Waals surface area contributed by atoms with Gasteiger partial charge in [0, 0.05) is 7.05 Å². The number of rotatable bonds is 2. The summed E-state index contributed by atoms with van der Waals surface area (Å²) in [6.07, 6.45) is 0. The smallest absolute Gasteiger partial charge is 0.374 e. The zero-order valence-electron chi connectivity index (χ0n) is 8.79. The first-order valence-corrected chi connectivity index (χ1v) is 4.66. The fourth-order valence-corrected chi connectivity index (χ4v) is 1.40. The maximum Gasteiger partial charge on any atom is 0.374 e. The van der Waals surface area contributed by atoms with Gasteiger partial charge < -0.3 is 5.11 Å². The molecule has 0 aliphatic heterocycles. The van der Waals surface area contributed by atoms with E-state index in [2.05, 4.69) is 5.10 Å². The van der Waals surface area contributed by atoms with Crippen LogP contribution in [0.5, 0.6) is 0 Å². The SMILES string of the molecule is Cn1c(C(=O)O)nn(-c2ccccc2F)c1=O. The molecule has 88 valence electrons. The van der Waals surface area contributed by atoms with Crippen molar-refractivity contribution in [1.82, 2.24) is 14.3 Å². The molecule has 0 aliphatic carbocycles. The van der Waals surface area contributed by atoms with Crippen LogP contribution in [0.1, 0.15) is 10.6 Å². The van der Waals surface area contributed by atoms with E-state index in [0.717, 1.165) is 15.3 Å². The first kappa shape index (κ1) is 11.1. The first-order valence-electron chi connectivity index (χ1n) is 4.66. The van der Waals surface area contributed by atoms with Crippen molar-refractivity contribution in [2.45, 2.75) is 0 Å². The number of aromatic nitrogens is 3. The van der Waals surface area contributed by atoms with Crippen molar-refractivity contribution < 1.29 is 14.3 Å². The Morgan fingerprint density at radius 2 is 2.06 bits per heavy atom. The molecule has 7 heteroatoms. The monoisotopic (exact) mass is 237 g/mol. The van der Waals surface area contributed by atoms with E-state index in [-0.39, 0.29) is 5.69 Å². The molecule has 6 nitrogen and oxygen atoms in total. The molecule has 0 amide bonds. The summed E-state index contributed by atoms with van der Waals surface area (Å²) in [4.78, 5) is 22.5. The summed E-state index contributed by atoms with van der Waals surface area (Å²) >= 11 is 0. The van der Waals surface area contributed by atoms with Gasteiger partial charge in [-0.05, 0) is 12.1 Å². The number of nitrogens with zero attached hydrogens (tertiary/aromatic N) is 3. The van der Waals surface area contributed by atoms with Gasteiger partial charge in [0.05, 0.1) is 0 Å². The van der Waals surface area contributed by atoms with Crippen LogP contribution >= 0.6 is 0 Å². The average Bonchev–Trinajstić information content (AvgIpc) is 2.57. The summed E-state index contributed by atoms with van der Waals surface area (Å²) < 4.78 is 15.0. The Kier molecular flexibility index (Phi) is 2.51. The van der Waals surface area contributed by atoms with Gasteiger partial charge >= 0.3 is 11.7 Å². The second-order valence-corrected chi connectivity index (χ2v) is 3.33. The number of carboxylic acids is 1. The minimum Gasteiger partial charge on any atom is -0.475 e. The average molecular weight is 237 g/mol. The molecule has 2 rings (SSSR count). The highest BCUT2D eigenvalue weighted by molar-refractivity contribution is 5.83. The summed E-state index contributed by atoms with van der Waals surface area (Å²) in [6.45, 7) is 0. The molecule has 1 aromatic carbocycles. The van der Waals surface area contributed by atoms with Crippen LogP contribution in [0.4, 0.5) is 4.39 Å². The highest BCUT2D eigenvalue weighted by Gasteiger charge is 2.18. The van der Waals surface area contributed by atoms with E-state index < -0.39 is 23.3 Å². The van der Waals surface area contributed by atoms with Crippen LogP contribution in [0.3, 0.4) is 0 Å². The Hall–Kier alpha value is -2.44. The standard InChI is InChI=1S/C10H8FN3O3/c1-13-8(9(15)16)12-14(10(13)17)7-5-3-2-4-6(7)11/h2-5H,1H3,(H,15,16). The third-order valence-electron chi connectivity index (χ3n) is 2.25. The van der Waals surface area contributed by atoms with E-state index in [1.54, 1.807) is 0 Å². The minimum absolute atomic E-state index is 0.0828. The Morgan fingerprint density at radius 3 is 2.59 bits per heavy atom. The zero-order valence-corrected chi connectivity index (χ0v) is 8.79. The summed E-state index contributed by atoms with van der Waals surface area (Å²) in [7, 11) is 1.26. The molecule has 0 unspecified atom stereocenters. The van der Waals surface area contributed by atoms with Gasteiger partial charge in [0.25, 0.3) is 0 Å². The lowest BCUT2D eigenvalue weighted by molar-refractivity contribution is 0.0678. The van der Waals surface area contributed by atoms with Crippen LogP contribution in [-0.2, 0) is 7.05 Å². The summed E-state index contributed by atoms with van der Waals surface area (Å²) in [5.74, 6) is -2.44. The van der Waals surface area contributed by atoms with Crippen LogP contribution < -0.4 is 5.69 Å². The summed E-state index contributed by atoms with van der Waals surface area (Å²) in [5, 5.41) is 12.4. The lowest BCUT2D eigenvalue weighted by Crippen LogP contribution is -2.23. The summed E-state index contributed by atoms with van der Waals surface area (Å²) in [5.41, 5.74) is -0.798. The molecular formula is C10H8FN3O3. The molecule has 0 aliphatic rings. The van der Waals surface area contributed by atoms with E-state index in [1.165, 1.54) is 25.2 Å². The molecule has 0 atom stereocenters. The topological polar surface area (TPSA) is 77.1 Å². The van der Waals surface area contributed by atoms with Gasteiger partial charge in [-0.3, -0.25) is 4.57 Å². The van der Waals surface area contributed by atoms with Crippen molar-refractivity contribution in [3.63, 3.8) is 0 Å². The molecule has 1 N–H and O–H groups in total. The van der Waals surface area contributed by atoms with Crippen molar-refractivity contribution >= 4 is 5.97 Å². The van der Waals surface area contributed by atoms with Crippen LogP contribution in [0, 0.1) is 5.82 Å². The van der Waals surface area contributed by atoms with Crippen LogP contribution in [0.2, 0.25) is 0 Å². The van der Waals surface area contributed by atoms with Crippen molar-refractivity contribution in [3.8, 4) is 5.69 Å². The maximum absolute atomic E-state index is 13.4. The predicted molar refractivity (Wildman–Crippen MR) is 55.7 cm³/mol. The van der Waals surface area contributed by atoms with E-state index in [0.29, 0.717) is 0 Å². The molecule has 1 heterocycles. The Balaban J connectivity index is 2.70. The second-order valence-electron chi connectivity index (χ2n) is 3.33. The van der Waals surface area contributed by atoms with E-state index in [4.69, 9.17) is 5.11 Å². The Bertz CT molecular complexity index is 644. The number of hydrogen-bond donors (Lipinski definition) is 1. The highest BCUT2D eigenvalue weighted by atomic mass is 19.1. The molecule has 0 saturated carbocycles. The minimum atomic E-state index is -1.35. The Labute approximate surface area is 94.5 Å². The first-order chi connectivity index (χ1) is 8.02. The molecule has 17 heavy (non-hydrogen) atoms. The summed E-state index contributed by atoms with van der Waals surface area (Å²) in [6, 6.07) is 5.50. The van der Waals surface area contributed by atoms with Crippen molar-refractivity contribution in [2.75, 3.05) is 0 Å². The normalized spacial score (nSPS) is 10.5. The van der Waals surface area contributed by atoms with Crippen molar-refractivity contribution in [2.24, 2.45) is 7.05 Å². The third-order valence-corrected chi connectivity index (χ3v) is 2.25. The molecule has 0 bridgehead atoms. The second kappa shape index (κ2) is 3.85. The van der Waals surface area contributed by atoms with Gasteiger partial charge in [-0.1, -0.05) is 12.1 Å². The van der Waals surface area contributed by atoms with Crippen molar-refractivity contribution in [1.29, 1.82) is 0 Å². The van der Waals surface area contributed by atoms with Gasteiger partial charge in [0.1, 0.15) is 11.5 Å². The predicted octanol–water partition coefficient (Wildman–Crippen LogP) is 0.408. The maximum atomic E-state index is 13.4. The van der Waals surface area contributed by atoms with Crippen LogP contribution in [0.15, 0.2) is 29.1 Å². The van der Waals surface area contributed by atoms with Gasteiger partial charge in [0.2, 0.25) is 5.82 Å². The fraction of sp³-hybridized carbons (Fsp3) is 0.100. The van der Waals surface area contributed by atoms with Gasteiger partial charge in [-0.15, -0.1) is 5.10 Å². The molecule has 1 aromatic heterocycles. The van der Waals surface area contributed by atoms with Crippen LogP contribution in [-0.4, -0.2) is 25.4 Å². The molecule has 0 fully saturated rings.